The number of ether oxygens (including phenoxy) is 1. The van der Waals surface area contributed by atoms with Crippen molar-refractivity contribution in [3.05, 3.63) is 0 Å². The topological polar surface area (TPSA) is 143 Å². The number of nitrogens with one attached hydrogen (secondary N) is 3. The van der Waals surface area contributed by atoms with Crippen molar-refractivity contribution in [2.75, 3.05) is 37.7 Å². The van der Waals surface area contributed by atoms with Crippen molar-refractivity contribution in [2.45, 2.75) is 124 Å². The van der Waals surface area contributed by atoms with Crippen molar-refractivity contribution >= 4 is 29.1 Å². The highest BCUT2D eigenvalue weighted by atomic mass is 32.2. The summed E-state index contributed by atoms with van der Waals surface area (Å²) < 4.78 is 17.1. The predicted molar refractivity (Wildman–Crippen MR) is 172 cm³/mol. The van der Waals surface area contributed by atoms with Crippen LogP contribution >= 0.6 is 0 Å². The number of alkyl carbamates (subject to hydrolysis) is 1. The smallest absolute Gasteiger partial charge is 0.407 e. The Morgan fingerprint density at radius 1 is 1.05 bits per heavy atom. The van der Waals surface area contributed by atoms with Crippen LogP contribution in [-0.4, -0.2) is 93.9 Å². The summed E-state index contributed by atoms with van der Waals surface area (Å²) in [6.45, 7) is 16.2. The van der Waals surface area contributed by atoms with E-state index in [4.69, 9.17) is 4.74 Å². The number of hydrogen-bond acceptors (Lipinski definition) is 8. The molecule has 0 aromatic heterocycles. The van der Waals surface area contributed by atoms with Crippen LogP contribution in [0.2, 0.25) is 0 Å². The zero-order valence-electron chi connectivity index (χ0n) is 27.8. The first-order valence-corrected chi connectivity index (χ1v) is 18.0. The van der Waals surface area contributed by atoms with Gasteiger partial charge < -0.3 is 25.0 Å². The number of imide groups is 1. The van der Waals surface area contributed by atoms with E-state index >= 15 is 0 Å². The lowest BCUT2D eigenvalue weighted by molar-refractivity contribution is -0.136. The molecule has 10 nitrogen and oxygen atoms in total. The van der Waals surface area contributed by atoms with Gasteiger partial charge in [0.15, 0.2) is 0 Å². The molecule has 1 heterocycles. The van der Waals surface area contributed by atoms with E-state index in [2.05, 4.69) is 20.9 Å². The molecule has 0 unspecified atom stereocenters. The second-order valence-electron chi connectivity index (χ2n) is 14.0. The molecular formula is C32H60N4O6S. The van der Waals surface area contributed by atoms with E-state index in [0.717, 1.165) is 51.7 Å². The highest BCUT2D eigenvalue weighted by Crippen LogP contribution is 2.30. The largest absolute Gasteiger partial charge is 0.616 e. The summed E-state index contributed by atoms with van der Waals surface area (Å²) in [4.78, 5) is 41.8. The van der Waals surface area contributed by atoms with Crippen molar-refractivity contribution in [2.24, 2.45) is 23.7 Å². The van der Waals surface area contributed by atoms with Crippen LogP contribution in [0.25, 0.3) is 0 Å². The van der Waals surface area contributed by atoms with E-state index in [0.29, 0.717) is 30.4 Å². The molecule has 0 spiro atoms. The van der Waals surface area contributed by atoms with E-state index in [1.807, 2.05) is 27.7 Å². The Kier molecular flexibility index (Phi) is 16.3. The molecule has 2 aliphatic rings. The average molecular weight is 629 g/mol. The highest BCUT2D eigenvalue weighted by molar-refractivity contribution is 7.91. The Morgan fingerprint density at radius 3 is 2.23 bits per heavy atom. The monoisotopic (exact) mass is 628 g/mol. The van der Waals surface area contributed by atoms with Gasteiger partial charge in [-0.1, -0.05) is 77.4 Å². The molecule has 1 saturated heterocycles. The summed E-state index contributed by atoms with van der Waals surface area (Å²) in [5.41, 5.74) is -0.667. The molecule has 1 aliphatic heterocycles. The number of rotatable bonds is 15. The first-order chi connectivity index (χ1) is 20.2. The second kappa shape index (κ2) is 18.5. The van der Waals surface area contributed by atoms with Crippen molar-refractivity contribution < 1.29 is 28.8 Å². The maximum atomic E-state index is 13.5. The van der Waals surface area contributed by atoms with Gasteiger partial charge in [-0.2, -0.15) is 0 Å². The molecule has 2 fully saturated rings. The minimum Gasteiger partial charge on any atom is -0.616 e. The SMILES string of the molecule is CC[C@H](C)[C@H](NCCN1CC[S+]([O-])CC1)C(=O)NC(=O)[C@@H](C[C@H](O)[C@H](CC1CCCCC1)NC(=O)OC(C)(C)C)C(C)C. The molecule has 0 aromatic carbocycles. The quantitative estimate of drug-likeness (QED) is 0.202. The Morgan fingerprint density at radius 2 is 1.67 bits per heavy atom. The molecule has 2 rings (SSSR count). The zero-order valence-corrected chi connectivity index (χ0v) is 28.6. The van der Waals surface area contributed by atoms with Crippen LogP contribution in [0, 0.1) is 23.7 Å². The molecule has 43 heavy (non-hydrogen) atoms. The fraction of sp³-hybridized carbons (Fsp3) is 0.906. The predicted octanol–water partition coefficient (Wildman–Crippen LogP) is 3.58. The molecular weight excluding hydrogens is 568 g/mol. The van der Waals surface area contributed by atoms with E-state index in [9.17, 15) is 24.0 Å². The van der Waals surface area contributed by atoms with E-state index < -0.39 is 52.9 Å². The first kappa shape index (κ1) is 37.8. The van der Waals surface area contributed by atoms with Crippen LogP contribution in [-0.2, 0) is 25.5 Å². The number of carbonyl (C=O) groups is 3. The molecule has 0 aromatic rings. The van der Waals surface area contributed by atoms with Gasteiger partial charge in [0.25, 0.3) is 0 Å². The number of amides is 3. The second-order valence-corrected chi connectivity index (χ2v) is 15.7. The standard InChI is InChI=1S/C32H60N4O6S/c1-8-23(4)28(33-14-15-36-16-18-43(41)19-17-36)30(39)35-29(38)25(22(2)3)21-27(37)26(20-24-12-10-9-11-13-24)34-31(40)42-32(5,6)7/h22-28,33,37H,8-21H2,1-7H3,(H,34,40)(H,35,38,39)/t23-,25-,26-,27-,28-/m0/s1. The van der Waals surface area contributed by atoms with Gasteiger partial charge in [-0.15, -0.1) is 0 Å². The van der Waals surface area contributed by atoms with Gasteiger partial charge in [0.05, 0.1) is 18.2 Å². The highest BCUT2D eigenvalue weighted by Gasteiger charge is 2.35. The van der Waals surface area contributed by atoms with Gasteiger partial charge in [-0.25, -0.2) is 4.79 Å². The van der Waals surface area contributed by atoms with E-state index in [1.165, 1.54) is 6.42 Å². The van der Waals surface area contributed by atoms with Crippen LogP contribution in [0.5, 0.6) is 0 Å². The molecule has 250 valence electrons. The number of nitrogens with zero attached hydrogens (tertiary/aromatic N) is 1. The molecule has 3 amide bonds. The number of aliphatic hydroxyl groups excluding tert-OH is 1. The number of carbonyl (C=O) groups excluding carboxylic acids is 3. The lowest BCUT2D eigenvalue weighted by Gasteiger charge is -2.33. The Bertz CT molecular complexity index is 855. The molecule has 0 bridgehead atoms. The van der Waals surface area contributed by atoms with Gasteiger partial charge in [0.1, 0.15) is 17.1 Å². The van der Waals surface area contributed by atoms with Crippen molar-refractivity contribution in [1.82, 2.24) is 20.9 Å². The molecule has 4 N–H and O–H groups in total. The summed E-state index contributed by atoms with van der Waals surface area (Å²) in [6, 6.07) is -1.08. The van der Waals surface area contributed by atoms with Gasteiger partial charge in [0, 0.05) is 32.1 Å². The summed E-state index contributed by atoms with van der Waals surface area (Å²) in [5, 5.41) is 20.3. The summed E-state index contributed by atoms with van der Waals surface area (Å²) in [6.07, 6.45) is 5.59. The van der Waals surface area contributed by atoms with Crippen molar-refractivity contribution in [1.29, 1.82) is 0 Å². The van der Waals surface area contributed by atoms with Crippen LogP contribution in [0.15, 0.2) is 0 Å². The molecule has 0 radical (unpaired) electrons. The number of aliphatic hydroxyl groups is 1. The average Bonchev–Trinajstić information content (AvgIpc) is 2.93. The first-order valence-electron chi connectivity index (χ1n) is 16.5. The third-order valence-electron chi connectivity index (χ3n) is 8.92. The van der Waals surface area contributed by atoms with E-state index in [1.54, 1.807) is 20.8 Å². The Balaban J connectivity index is 2.04. The summed E-state index contributed by atoms with van der Waals surface area (Å²) >= 11 is -0.732. The van der Waals surface area contributed by atoms with Crippen LogP contribution < -0.4 is 16.0 Å². The minimum absolute atomic E-state index is 0.0163. The minimum atomic E-state index is -0.968. The fourth-order valence-electron chi connectivity index (χ4n) is 6.02. The van der Waals surface area contributed by atoms with Gasteiger partial charge in [-0.05, 0) is 51.4 Å². The van der Waals surface area contributed by atoms with E-state index in [-0.39, 0.29) is 24.2 Å². The van der Waals surface area contributed by atoms with Gasteiger partial charge in [0.2, 0.25) is 11.8 Å². The third-order valence-corrected chi connectivity index (χ3v) is 10.2. The van der Waals surface area contributed by atoms with Crippen LogP contribution in [0.3, 0.4) is 0 Å². The lowest BCUT2D eigenvalue weighted by atomic mass is 9.81. The molecule has 1 saturated carbocycles. The summed E-state index contributed by atoms with van der Waals surface area (Å²) in [7, 11) is 0. The summed E-state index contributed by atoms with van der Waals surface area (Å²) in [5.74, 6) is 0.279. The van der Waals surface area contributed by atoms with Crippen LogP contribution in [0.4, 0.5) is 4.79 Å². The lowest BCUT2D eigenvalue weighted by Crippen LogP contribution is -2.53. The Hall–Kier alpha value is -1.40. The van der Waals surface area contributed by atoms with Crippen molar-refractivity contribution in [3.8, 4) is 0 Å². The number of hydrogen-bond donors (Lipinski definition) is 4. The van der Waals surface area contributed by atoms with Crippen LogP contribution in [0.1, 0.15) is 99.8 Å². The fourth-order valence-corrected chi connectivity index (χ4v) is 7.14. The third kappa shape index (κ3) is 14.1. The maximum Gasteiger partial charge on any atom is 0.407 e. The Labute approximate surface area is 263 Å². The zero-order chi connectivity index (χ0) is 32.2. The molecule has 11 heteroatoms. The van der Waals surface area contributed by atoms with Gasteiger partial charge in [-0.3, -0.25) is 19.8 Å². The van der Waals surface area contributed by atoms with Gasteiger partial charge >= 0.3 is 6.09 Å². The maximum absolute atomic E-state index is 13.5. The van der Waals surface area contributed by atoms with Crippen molar-refractivity contribution in [3.63, 3.8) is 0 Å². The molecule has 1 aliphatic carbocycles. The normalized spacial score (nSPS) is 21.1. The molecule has 5 atom stereocenters.